The predicted octanol–water partition coefficient (Wildman–Crippen LogP) is 4.98. The van der Waals surface area contributed by atoms with Gasteiger partial charge in [0.1, 0.15) is 11.6 Å². The number of anilines is 1. The fraction of sp³-hybridized carbons (Fsp3) is 0.306. The highest BCUT2D eigenvalue weighted by Crippen LogP contribution is 2.40. The number of para-hydroxylation sites is 1. The average molecular weight is 620 g/mol. The van der Waals surface area contributed by atoms with E-state index in [1.54, 1.807) is 43.6 Å². The molecule has 3 aromatic carbocycles. The number of benzene rings is 3. The van der Waals surface area contributed by atoms with E-state index in [0.717, 1.165) is 57.9 Å². The van der Waals surface area contributed by atoms with Crippen molar-refractivity contribution in [2.75, 3.05) is 72.3 Å². The second kappa shape index (κ2) is 14.1. The Morgan fingerprint density at radius 1 is 0.935 bits per heavy atom. The number of amides is 1. The van der Waals surface area contributed by atoms with Crippen molar-refractivity contribution in [3.8, 4) is 34.1 Å². The molecular formula is C36H41N7O3. The molecule has 238 valence electrons. The van der Waals surface area contributed by atoms with E-state index in [0.29, 0.717) is 45.0 Å². The Morgan fingerprint density at radius 2 is 1.65 bits per heavy atom. The number of phenols is 1. The van der Waals surface area contributed by atoms with E-state index in [4.69, 9.17) is 4.74 Å². The van der Waals surface area contributed by atoms with Crippen molar-refractivity contribution in [2.45, 2.75) is 6.42 Å². The van der Waals surface area contributed by atoms with Gasteiger partial charge in [0.25, 0.3) is 5.91 Å². The highest BCUT2D eigenvalue weighted by molar-refractivity contribution is 6.06. The predicted molar refractivity (Wildman–Crippen MR) is 183 cm³/mol. The van der Waals surface area contributed by atoms with Crippen LogP contribution in [0.5, 0.6) is 11.6 Å². The minimum atomic E-state index is -0.202. The van der Waals surface area contributed by atoms with Crippen LogP contribution < -0.4 is 10.1 Å². The molecule has 5 aromatic rings. The zero-order chi connectivity index (χ0) is 32.0. The summed E-state index contributed by atoms with van der Waals surface area (Å²) in [6.45, 7) is 7.75. The van der Waals surface area contributed by atoms with Gasteiger partial charge in [0, 0.05) is 74.4 Å². The minimum absolute atomic E-state index is 0.0625. The Bertz CT molecular complexity index is 1790. The lowest BCUT2D eigenvalue weighted by atomic mass is 10.0. The lowest BCUT2D eigenvalue weighted by Crippen LogP contribution is -2.48. The summed E-state index contributed by atoms with van der Waals surface area (Å²) in [4.78, 5) is 32.7. The molecule has 3 N–H and O–H groups in total. The number of rotatable bonds is 11. The van der Waals surface area contributed by atoms with Gasteiger partial charge in [0.05, 0.1) is 23.7 Å². The second-order valence-electron chi connectivity index (χ2n) is 12.0. The van der Waals surface area contributed by atoms with E-state index in [9.17, 15) is 9.90 Å². The third-order valence-electron chi connectivity index (χ3n) is 8.55. The van der Waals surface area contributed by atoms with Gasteiger partial charge in [-0.3, -0.25) is 9.69 Å². The highest BCUT2D eigenvalue weighted by atomic mass is 16.5. The Hall–Kier alpha value is -4.77. The monoisotopic (exact) mass is 619 g/mol. The van der Waals surface area contributed by atoms with Crippen LogP contribution in [0.3, 0.4) is 0 Å². The first-order chi connectivity index (χ1) is 22.4. The largest absolute Gasteiger partial charge is 0.507 e. The van der Waals surface area contributed by atoms with E-state index < -0.39 is 0 Å². The number of methoxy groups -OCH3 is 1. The Labute approximate surface area is 269 Å². The lowest BCUT2D eigenvalue weighted by Gasteiger charge is -2.35. The number of fused-ring (bicyclic) bond motifs is 1. The van der Waals surface area contributed by atoms with Gasteiger partial charge >= 0.3 is 0 Å². The molecule has 10 heteroatoms. The van der Waals surface area contributed by atoms with Crippen LogP contribution in [0, 0.1) is 0 Å². The van der Waals surface area contributed by atoms with Crippen LogP contribution in [0.2, 0.25) is 0 Å². The van der Waals surface area contributed by atoms with Crippen molar-refractivity contribution in [1.29, 1.82) is 0 Å². The van der Waals surface area contributed by atoms with Gasteiger partial charge in [-0.25, -0.2) is 9.97 Å². The van der Waals surface area contributed by atoms with E-state index in [2.05, 4.69) is 61.2 Å². The maximum Gasteiger partial charge on any atom is 0.255 e. The zero-order valence-corrected chi connectivity index (χ0v) is 26.7. The standard InChI is InChI=1S/C36H41N7O3/c1-41(2)18-19-43-22-20-42(21-23-43)17-15-25-9-12-27(13-10-25)38-35(45)26-11-14-31-32(24-26)40-34(39-31)30-7-4-6-28(33(30)44)29-8-5-16-37-36(29)46-3/h4-14,16,24,44H,15,17-23H2,1-3H3,(H,38,45)(H,39,40). The molecule has 46 heavy (non-hydrogen) atoms. The maximum atomic E-state index is 13.2. The van der Waals surface area contributed by atoms with Crippen LogP contribution in [0.1, 0.15) is 15.9 Å². The van der Waals surface area contributed by atoms with Crippen molar-refractivity contribution < 1.29 is 14.6 Å². The van der Waals surface area contributed by atoms with Gasteiger partial charge in [-0.05, 0) is 74.6 Å². The van der Waals surface area contributed by atoms with Gasteiger partial charge in [-0.1, -0.05) is 24.3 Å². The van der Waals surface area contributed by atoms with Crippen molar-refractivity contribution >= 4 is 22.6 Å². The molecule has 6 rings (SSSR count). The first-order valence-electron chi connectivity index (χ1n) is 15.7. The van der Waals surface area contributed by atoms with Gasteiger partial charge in [-0.15, -0.1) is 0 Å². The number of nitrogens with zero attached hydrogens (tertiary/aromatic N) is 5. The summed E-state index contributed by atoms with van der Waals surface area (Å²) in [5.41, 5.74) is 5.70. The molecule has 0 aliphatic carbocycles. The second-order valence-corrected chi connectivity index (χ2v) is 12.0. The van der Waals surface area contributed by atoms with Crippen LogP contribution in [-0.2, 0) is 6.42 Å². The number of carbonyl (C=O) groups excluding carboxylic acids is 1. The fourth-order valence-electron chi connectivity index (χ4n) is 5.81. The van der Waals surface area contributed by atoms with Gasteiger partial charge in [0.2, 0.25) is 5.88 Å². The first kappa shape index (κ1) is 31.2. The molecule has 1 amide bonds. The third kappa shape index (κ3) is 7.20. The van der Waals surface area contributed by atoms with E-state index in [1.807, 2.05) is 30.3 Å². The molecule has 1 aliphatic heterocycles. The number of hydrogen-bond donors (Lipinski definition) is 3. The van der Waals surface area contributed by atoms with Crippen molar-refractivity contribution in [1.82, 2.24) is 29.7 Å². The normalized spacial score (nSPS) is 14.2. The summed E-state index contributed by atoms with van der Waals surface area (Å²) in [7, 11) is 5.80. The molecule has 0 saturated carbocycles. The molecule has 1 aliphatic rings. The van der Waals surface area contributed by atoms with Crippen LogP contribution in [0.4, 0.5) is 5.69 Å². The van der Waals surface area contributed by atoms with Crippen LogP contribution in [0.25, 0.3) is 33.5 Å². The number of ether oxygens (including phenoxy) is 1. The Kier molecular flexibility index (Phi) is 9.58. The molecule has 1 fully saturated rings. The SMILES string of the molecule is COc1ncccc1-c1cccc(-c2nc3ccc(C(=O)Nc4ccc(CCN5CCN(CCN(C)C)CC5)cc4)cc3[nH]2)c1O. The molecule has 0 atom stereocenters. The summed E-state index contributed by atoms with van der Waals surface area (Å²) in [5, 5.41) is 14.2. The molecule has 1 saturated heterocycles. The summed E-state index contributed by atoms with van der Waals surface area (Å²) in [5.74, 6) is 0.778. The number of aromatic nitrogens is 3. The average Bonchev–Trinajstić information content (AvgIpc) is 3.51. The smallest absolute Gasteiger partial charge is 0.255 e. The number of pyridine rings is 1. The summed E-state index contributed by atoms with van der Waals surface area (Å²) >= 11 is 0. The summed E-state index contributed by atoms with van der Waals surface area (Å²) in [6, 6.07) is 22.6. The van der Waals surface area contributed by atoms with Crippen molar-refractivity contribution in [2.24, 2.45) is 0 Å². The number of H-pyrrole nitrogens is 1. The van der Waals surface area contributed by atoms with Crippen molar-refractivity contribution in [3.63, 3.8) is 0 Å². The van der Waals surface area contributed by atoms with Gasteiger partial charge in [-0.2, -0.15) is 0 Å². The number of piperazine rings is 1. The first-order valence-corrected chi connectivity index (χ1v) is 15.7. The number of hydrogen-bond acceptors (Lipinski definition) is 8. The quantitative estimate of drug-likeness (QED) is 0.190. The molecular weight excluding hydrogens is 578 g/mol. The van der Waals surface area contributed by atoms with Gasteiger partial charge < -0.3 is 29.9 Å². The van der Waals surface area contributed by atoms with Crippen LogP contribution >= 0.6 is 0 Å². The van der Waals surface area contributed by atoms with Gasteiger partial charge in [0.15, 0.2) is 0 Å². The number of phenolic OH excluding ortho intramolecular Hbond substituents is 1. The Balaban J connectivity index is 1.07. The molecule has 0 bridgehead atoms. The minimum Gasteiger partial charge on any atom is -0.507 e. The number of imidazole rings is 1. The molecule has 0 radical (unpaired) electrons. The zero-order valence-electron chi connectivity index (χ0n) is 26.7. The molecule has 0 unspecified atom stereocenters. The van der Waals surface area contributed by atoms with E-state index in [-0.39, 0.29) is 11.7 Å². The number of nitrogens with one attached hydrogen (secondary N) is 2. The van der Waals surface area contributed by atoms with Crippen molar-refractivity contribution in [3.05, 3.63) is 90.1 Å². The number of aromatic hydroxyl groups is 1. The molecule has 2 aromatic heterocycles. The summed E-state index contributed by atoms with van der Waals surface area (Å²) in [6.07, 6.45) is 2.63. The molecule has 0 spiro atoms. The number of likely N-dealkylation sites (N-methyl/N-ethyl adjacent to an activating group) is 1. The van der Waals surface area contributed by atoms with Crippen LogP contribution in [0.15, 0.2) is 79.0 Å². The molecule has 3 heterocycles. The third-order valence-corrected chi connectivity index (χ3v) is 8.55. The summed E-state index contributed by atoms with van der Waals surface area (Å²) < 4.78 is 5.39. The number of carbonyl (C=O) groups is 1. The van der Waals surface area contributed by atoms with E-state index >= 15 is 0 Å². The highest BCUT2D eigenvalue weighted by Gasteiger charge is 2.19. The Morgan fingerprint density at radius 3 is 2.39 bits per heavy atom. The fourth-order valence-corrected chi connectivity index (χ4v) is 5.81. The molecule has 10 nitrogen and oxygen atoms in total. The topological polar surface area (TPSA) is 110 Å². The van der Waals surface area contributed by atoms with E-state index in [1.165, 1.54) is 5.56 Å². The number of aromatic amines is 1. The maximum absolute atomic E-state index is 13.2. The van der Waals surface area contributed by atoms with Crippen LogP contribution in [-0.4, -0.2) is 108 Å². The lowest BCUT2D eigenvalue weighted by molar-refractivity contribution is 0.102.